The summed E-state index contributed by atoms with van der Waals surface area (Å²) < 4.78 is 32.6. The maximum Gasteiger partial charge on any atom is 0.381 e. The smallest absolute Gasteiger partial charge is 0.381 e. The molecule has 0 heterocycles. The molecule has 9 heteroatoms. The summed E-state index contributed by atoms with van der Waals surface area (Å²) in [6, 6.07) is 16.5. The van der Waals surface area contributed by atoms with E-state index in [9.17, 15) is 23.2 Å². The average molecular weight is 534 g/mol. The SMILES string of the molecule is CCOC(=O)C(F)(F)c1ccc(CC(=O)Cc2ccc(C(=O)N(C)c3cc(Cl)cc(Cl)c3)cc2)cc1. The summed E-state index contributed by atoms with van der Waals surface area (Å²) in [4.78, 5) is 38.2. The van der Waals surface area contributed by atoms with Crippen LogP contribution >= 0.6 is 23.2 Å². The Morgan fingerprint density at radius 3 is 1.86 bits per heavy atom. The first-order valence-electron chi connectivity index (χ1n) is 11.0. The molecule has 3 aromatic rings. The molecule has 0 radical (unpaired) electrons. The van der Waals surface area contributed by atoms with E-state index in [1.807, 2.05) is 0 Å². The number of anilines is 1. The minimum absolute atomic E-state index is 0.0319. The molecule has 0 saturated carbocycles. The molecule has 188 valence electrons. The molecule has 0 aliphatic carbocycles. The molecule has 36 heavy (non-hydrogen) atoms. The Bertz CT molecular complexity index is 1240. The number of alkyl halides is 2. The number of Topliss-reactive ketones (excluding diaryl/α,β-unsaturated/α-hetero) is 1. The van der Waals surface area contributed by atoms with Crippen LogP contribution < -0.4 is 4.90 Å². The van der Waals surface area contributed by atoms with E-state index in [-0.39, 0.29) is 31.1 Å². The van der Waals surface area contributed by atoms with E-state index in [0.29, 0.717) is 32.4 Å². The maximum atomic E-state index is 14.1. The number of carbonyl (C=O) groups excluding carboxylic acids is 3. The van der Waals surface area contributed by atoms with E-state index in [1.165, 1.54) is 24.0 Å². The highest BCUT2D eigenvalue weighted by atomic mass is 35.5. The lowest BCUT2D eigenvalue weighted by molar-refractivity contribution is -0.173. The third-order valence-electron chi connectivity index (χ3n) is 5.39. The van der Waals surface area contributed by atoms with Gasteiger partial charge in [-0.1, -0.05) is 59.6 Å². The summed E-state index contributed by atoms with van der Waals surface area (Å²) in [5.41, 5.74) is 1.71. The van der Waals surface area contributed by atoms with Crippen LogP contribution in [0.3, 0.4) is 0 Å². The van der Waals surface area contributed by atoms with Crippen LogP contribution in [0.15, 0.2) is 66.7 Å². The summed E-state index contributed by atoms with van der Waals surface area (Å²) in [5.74, 6) is -5.78. The normalized spacial score (nSPS) is 11.2. The van der Waals surface area contributed by atoms with Gasteiger partial charge >= 0.3 is 11.9 Å². The monoisotopic (exact) mass is 533 g/mol. The topological polar surface area (TPSA) is 63.7 Å². The molecule has 1 amide bonds. The molecule has 5 nitrogen and oxygen atoms in total. The van der Waals surface area contributed by atoms with Crippen molar-refractivity contribution in [2.45, 2.75) is 25.7 Å². The minimum atomic E-state index is -3.76. The third-order valence-corrected chi connectivity index (χ3v) is 5.83. The van der Waals surface area contributed by atoms with Crippen LogP contribution in [0.25, 0.3) is 0 Å². The van der Waals surface area contributed by atoms with Gasteiger partial charge in [0.1, 0.15) is 5.78 Å². The zero-order valence-corrected chi connectivity index (χ0v) is 21.1. The first kappa shape index (κ1) is 27.3. The standard InChI is InChI=1S/C27H23Cl2F2NO4/c1-3-36-26(35)27(30,31)20-10-6-18(7-11-20)13-24(33)12-17-4-8-19(9-5-17)25(34)32(2)23-15-21(28)14-22(29)16-23/h4-11,14-16H,3,12-13H2,1-2H3. The molecule has 0 saturated heterocycles. The summed E-state index contributed by atoms with van der Waals surface area (Å²) in [6.45, 7) is 1.30. The van der Waals surface area contributed by atoms with Crippen LogP contribution in [0.4, 0.5) is 14.5 Å². The molecule has 0 fully saturated rings. The van der Waals surface area contributed by atoms with Gasteiger partial charge in [-0.2, -0.15) is 8.78 Å². The lowest BCUT2D eigenvalue weighted by Gasteiger charge is -2.18. The summed E-state index contributed by atoms with van der Waals surface area (Å²) in [7, 11) is 1.61. The molecule has 0 unspecified atom stereocenters. The van der Waals surface area contributed by atoms with Gasteiger partial charge in [0.15, 0.2) is 0 Å². The Balaban J connectivity index is 1.61. The molecule has 0 aliphatic rings. The van der Waals surface area contributed by atoms with Crippen molar-refractivity contribution in [1.82, 2.24) is 0 Å². The van der Waals surface area contributed by atoms with E-state index >= 15 is 0 Å². The second kappa shape index (κ2) is 11.6. The van der Waals surface area contributed by atoms with Crippen molar-refractivity contribution in [3.63, 3.8) is 0 Å². The zero-order chi connectivity index (χ0) is 26.5. The molecule has 0 N–H and O–H groups in total. The first-order chi connectivity index (χ1) is 17.0. The quantitative estimate of drug-likeness (QED) is 0.303. The predicted octanol–water partition coefficient (Wildman–Crippen LogP) is 6.28. The number of rotatable bonds is 9. The van der Waals surface area contributed by atoms with Crippen molar-refractivity contribution in [1.29, 1.82) is 0 Å². The number of carbonyl (C=O) groups is 3. The van der Waals surface area contributed by atoms with Gasteiger partial charge in [0.2, 0.25) is 0 Å². The fourth-order valence-electron chi connectivity index (χ4n) is 3.50. The lowest BCUT2D eigenvalue weighted by Crippen LogP contribution is -2.28. The van der Waals surface area contributed by atoms with E-state index in [2.05, 4.69) is 4.74 Å². The number of halogens is 4. The van der Waals surface area contributed by atoms with Crippen molar-refractivity contribution in [3.05, 3.63) is 99.0 Å². The van der Waals surface area contributed by atoms with Gasteiger partial charge in [-0.15, -0.1) is 0 Å². The highest BCUT2D eigenvalue weighted by Gasteiger charge is 2.42. The van der Waals surface area contributed by atoms with Gasteiger partial charge in [-0.25, -0.2) is 4.79 Å². The van der Waals surface area contributed by atoms with Crippen LogP contribution in [0, 0.1) is 0 Å². The molecule has 0 aliphatic heterocycles. The second-order valence-corrected chi connectivity index (χ2v) is 8.95. The lowest BCUT2D eigenvalue weighted by atomic mass is 9.99. The fraction of sp³-hybridized carbons (Fsp3) is 0.222. The van der Waals surface area contributed by atoms with Gasteiger partial charge in [-0.3, -0.25) is 9.59 Å². The highest BCUT2D eigenvalue weighted by Crippen LogP contribution is 2.30. The Hall–Kier alpha value is -3.29. The van der Waals surface area contributed by atoms with Crippen molar-refractivity contribution >= 4 is 46.5 Å². The van der Waals surface area contributed by atoms with Crippen molar-refractivity contribution in [3.8, 4) is 0 Å². The van der Waals surface area contributed by atoms with E-state index in [4.69, 9.17) is 23.2 Å². The predicted molar refractivity (Wildman–Crippen MR) is 135 cm³/mol. The number of nitrogens with zero attached hydrogens (tertiary/aromatic N) is 1. The summed E-state index contributed by atoms with van der Waals surface area (Å²) in [6.07, 6.45) is 0.138. The highest BCUT2D eigenvalue weighted by molar-refractivity contribution is 6.35. The van der Waals surface area contributed by atoms with E-state index < -0.39 is 17.5 Å². The Kier molecular flexibility index (Phi) is 8.82. The van der Waals surface area contributed by atoms with Crippen LogP contribution in [0.5, 0.6) is 0 Å². The summed E-state index contributed by atoms with van der Waals surface area (Å²) >= 11 is 12.0. The zero-order valence-electron chi connectivity index (χ0n) is 19.6. The fourth-order valence-corrected chi connectivity index (χ4v) is 4.01. The number of ether oxygens (including phenoxy) is 1. The molecular weight excluding hydrogens is 511 g/mol. The molecular formula is C27H23Cl2F2NO4. The van der Waals surface area contributed by atoms with Crippen LogP contribution in [0.2, 0.25) is 10.0 Å². The van der Waals surface area contributed by atoms with Gasteiger partial charge in [0.05, 0.1) is 6.61 Å². The maximum absolute atomic E-state index is 14.1. The largest absolute Gasteiger partial charge is 0.461 e. The van der Waals surface area contributed by atoms with Crippen molar-refractivity contribution in [2.75, 3.05) is 18.6 Å². The Morgan fingerprint density at radius 2 is 1.36 bits per heavy atom. The van der Waals surface area contributed by atoms with Crippen molar-refractivity contribution < 1.29 is 27.9 Å². The number of hydrogen-bond donors (Lipinski definition) is 0. The van der Waals surface area contributed by atoms with E-state index in [0.717, 1.165) is 12.1 Å². The number of esters is 1. The van der Waals surface area contributed by atoms with Crippen LogP contribution in [-0.2, 0) is 33.1 Å². The molecule has 0 spiro atoms. The van der Waals surface area contributed by atoms with Gasteiger partial charge < -0.3 is 9.64 Å². The number of ketones is 1. The third kappa shape index (κ3) is 6.68. The molecule has 3 aromatic carbocycles. The molecule has 3 rings (SSSR count). The number of hydrogen-bond acceptors (Lipinski definition) is 4. The Morgan fingerprint density at radius 1 is 0.861 bits per heavy atom. The van der Waals surface area contributed by atoms with Gasteiger partial charge in [-0.05, 0) is 48.4 Å². The molecule has 0 atom stereocenters. The van der Waals surface area contributed by atoms with Crippen LogP contribution in [-0.4, -0.2) is 31.3 Å². The second-order valence-electron chi connectivity index (χ2n) is 8.07. The number of amides is 1. The first-order valence-corrected chi connectivity index (χ1v) is 11.8. The minimum Gasteiger partial charge on any atom is -0.461 e. The molecule has 0 bridgehead atoms. The van der Waals surface area contributed by atoms with E-state index in [1.54, 1.807) is 49.5 Å². The average Bonchev–Trinajstić information content (AvgIpc) is 2.83. The van der Waals surface area contributed by atoms with Crippen LogP contribution in [0.1, 0.15) is 34.0 Å². The summed E-state index contributed by atoms with van der Waals surface area (Å²) in [5, 5.41) is 0.821. The number of benzene rings is 3. The molecule has 0 aromatic heterocycles. The van der Waals surface area contributed by atoms with Gasteiger partial charge in [0, 0.05) is 46.7 Å². The van der Waals surface area contributed by atoms with Crippen molar-refractivity contribution in [2.24, 2.45) is 0 Å². The Labute approximate surface area is 217 Å². The van der Waals surface area contributed by atoms with Gasteiger partial charge in [0.25, 0.3) is 5.91 Å².